The van der Waals surface area contributed by atoms with Crippen LogP contribution in [0.3, 0.4) is 0 Å². The predicted octanol–water partition coefficient (Wildman–Crippen LogP) is 3.35. The highest BCUT2D eigenvalue weighted by molar-refractivity contribution is 7.11. The van der Waals surface area contributed by atoms with Crippen LogP contribution < -0.4 is 10.2 Å². The summed E-state index contributed by atoms with van der Waals surface area (Å²) in [4.78, 5) is 8.04. The van der Waals surface area contributed by atoms with Crippen LogP contribution in [0.15, 0.2) is 30.5 Å². The van der Waals surface area contributed by atoms with Gasteiger partial charge in [-0.25, -0.2) is 4.98 Å². The van der Waals surface area contributed by atoms with Crippen molar-refractivity contribution in [2.24, 2.45) is 0 Å². The van der Waals surface area contributed by atoms with Gasteiger partial charge in [0.2, 0.25) is 0 Å². The highest BCUT2D eigenvalue weighted by atomic mass is 32.1. The van der Waals surface area contributed by atoms with Gasteiger partial charge in [0.25, 0.3) is 0 Å². The molecule has 1 aliphatic heterocycles. The number of thiazole rings is 1. The van der Waals surface area contributed by atoms with E-state index in [9.17, 15) is 0 Å². The molecule has 0 aliphatic carbocycles. The minimum atomic E-state index is 0.278. The van der Waals surface area contributed by atoms with E-state index in [1.807, 2.05) is 13.1 Å². The molecule has 1 fully saturated rings. The van der Waals surface area contributed by atoms with Crippen LogP contribution in [-0.4, -0.2) is 30.3 Å². The molecular formula is C18H25N3OS. The molecule has 2 heterocycles. The van der Waals surface area contributed by atoms with Crippen molar-refractivity contribution in [3.8, 4) is 0 Å². The Morgan fingerprint density at radius 1 is 1.22 bits per heavy atom. The summed E-state index contributed by atoms with van der Waals surface area (Å²) >= 11 is 1.76. The van der Waals surface area contributed by atoms with Crippen LogP contribution in [0.1, 0.15) is 29.3 Å². The van der Waals surface area contributed by atoms with Crippen molar-refractivity contribution >= 4 is 17.0 Å². The summed E-state index contributed by atoms with van der Waals surface area (Å²) in [5.74, 6) is 0. The Bertz CT molecular complexity index is 633. The number of rotatable bonds is 5. The van der Waals surface area contributed by atoms with E-state index in [0.717, 1.165) is 31.2 Å². The lowest BCUT2D eigenvalue weighted by molar-refractivity contribution is -0.00526. The van der Waals surface area contributed by atoms with E-state index in [-0.39, 0.29) is 12.2 Å². The number of morpholine rings is 1. The van der Waals surface area contributed by atoms with Crippen LogP contribution in [0.4, 0.5) is 5.69 Å². The van der Waals surface area contributed by atoms with Crippen molar-refractivity contribution < 1.29 is 4.74 Å². The summed E-state index contributed by atoms with van der Waals surface area (Å²) in [7, 11) is 0. The lowest BCUT2D eigenvalue weighted by Gasteiger charge is -2.37. The minimum Gasteiger partial charge on any atom is -0.372 e. The molecule has 23 heavy (non-hydrogen) atoms. The lowest BCUT2D eigenvalue weighted by atomic mass is 10.1. The van der Waals surface area contributed by atoms with Crippen LogP contribution in [0.5, 0.6) is 0 Å². The molecule has 5 heteroatoms. The van der Waals surface area contributed by atoms with E-state index >= 15 is 0 Å². The van der Waals surface area contributed by atoms with E-state index in [2.05, 4.69) is 53.3 Å². The molecule has 3 rings (SSSR count). The second kappa shape index (κ2) is 7.43. The number of anilines is 1. The molecule has 0 radical (unpaired) electrons. The molecule has 1 aliphatic rings. The summed E-state index contributed by atoms with van der Waals surface area (Å²) in [6, 6.07) is 8.67. The molecule has 4 nitrogen and oxygen atoms in total. The van der Waals surface area contributed by atoms with Crippen LogP contribution in [0.25, 0.3) is 0 Å². The first-order valence-electron chi connectivity index (χ1n) is 8.22. The highest BCUT2D eigenvalue weighted by Gasteiger charge is 2.23. The van der Waals surface area contributed by atoms with E-state index in [1.165, 1.54) is 16.1 Å². The predicted molar refractivity (Wildman–Crippen MR) is 96.1 cm³/mol. The molecule has 1 saturated heterocycles. The fraction of sp³-hybridized carbons (Fsp3) is 0.500. The molecule has 2 aromatic rings. The zero-order chi connectivity index (χ0) is 16.2. The van der Waals surface area contributed by atoms with Crippen molar-refractivity contribution in [1.82, 2.24) is 10.3 Å². The summed E-state index contributed by atoms with van der Waals surface area (Å²) in [5.41, 5.74) is 2.66. The normalized spacial score (nSPS) is 21.6. The SMILES string of the molecule is Cc1ncc(CNCc2ccccc2N2CC(C)OC(C)C2)s1. The first-order chi connectivity index (χ1) is 11.1. The van der Waals surface area contributed by atoms with Crippen LogP contribution in [0.2, 0.25) is 0 Å². The Labute approximate surface area is 142 Å². The first-order valence-corrected chi connectivity index (χ1v) is 9.04. The van der Waals surface area contributed by atoms with Gasteiger partial charge in [0.15, 0.2) is 0 Å². The summed E-state index contributed by atoms with van der Waals surface area (Å²) in [6.45, 7) is 9.99. The number of aromatic nitrogens is 1. The van der Waals surface area contributed by atoms with Crippen LogP contribution in [-0.2, 0) is 17.8 Å². The molecular weight excluding hydrogens is 306 g/mol. The Hall–Kier alpha value is -1.43. The third kappa shape index (κ3) is 4.31. The maximum absolute atomic E-state index is 5.86. The van der Waals surface area contributed by atoms with Gasteiger partial charge < -0.3 is 15.0 Å². The third-order valence-electron chi connectivity index (χ3n) is 4.04. The topological polar surface area (TPSA) is 37.4 Å². The van der Waals surface area contributed by atoms with Crippen molar-refractivity contribution in [3.63, 3.8) is 0 Å². The number of hydrogen-bond donors (Lipinski definition) is 1. The second-order valence-corrected chi connectivity index (χ2v) is 7.56. The minimum absolute atomic E-state index is 0.278. The van der Waals surface area contributed by atoms with Gasteiger partial charge >= 0.3 is 0 Å². The van der Waals surface area contributed by atoms with Crippen LogP contribution >= 0.6 is 11.3 Å². The van der Waals surface area contributed by atoms with Gasteiger partial charge in [0.05, 0.1) is 17.2 Å². The molecule has 0 bridgehead atoms. The van der Waals surface area contributed by atoms with Gasteiger partial charge in [-0.1, -0.05) is 18.2 Å². The molecule has 2 unspecified atom stereocenters. The van der Waals surface area contributed by atoms with Gasteiger partial charge in [0, 0.05) is 42.9 Å². The zero-order valence-electron chi connectivity index (χ0n) is 14.1. The first kappa shape index (κ1) is 16.4. The Kier molecular flexibility index (Phi) is 5.30. The number of benzene rings is 1. The van der Waals surface area contributed by atoms with Gasteiger partial charge in [-0.05, 0) is 32.4 Å². The Balaban J connectivity index is 1.65. The molecule has 0 spiro atoms. The van der Waals surface area contributed by atoms with Gasteiger partial charge in [-0.15, -0.1) is 11.3 Å². The second-order valence-electron chi connectivity index (χ2n) is 6.24. The number of aryl methyl sites for hydroxylation is 1. The average molecular weight is 331 g/mol. The third-order valence-corrected chi connectivity index (χ3v) is 4.95. The summed E-state index contributed by atoms with van der Waals surface area (Å²) < 4.78 is 5.86. The fourth-order valence-electron chi connectivity index (χ4n) is 3.15. The number of ether oxygens (including phenoxy) is 1. The highest BCUT2D eigenvalue weighted by Crippen LogP contribution is 2.24. The van der Waals surface area contributed by atoms with Crippen molar-refractivity contribution in [2.45, 2.75) is 46.1 Å². The fourth-order valence-corrected chi connectivity index (χ4v) is 3.92. The van der Waals surface area contributed by atoms with E-state index in [0.29, 0.717) is 0 Å². The molecule has 124 valence electrons. The maximum Gasteiger partial charge on any atom is 0.0897 e. The Morgan fingerprint density at radius 2 is 1.96 bits per heavy atom. The molecule has 0 amide bonds. The number of hydrogen-bond acceptors (Lipinski definition) is 5. The Morgan fingerprint density at radius 3 is 2.65 bits per heavy atom. The summed E-state index contributed by atoms with van der Waals surface area (Å²) in [6.07, 6.45) is 2.52. The largest absolute Gasteiger partial charge is 0.372 e. The van der Waals surface area contributed by atoms with Crippen molar-refractivity contribution in [1.29, 1.82) is 0 Å². The smallest absolute Gasteiger partial charge is 0.0897 e. The zero-order valence-corrected chi connectivity index (χ0v) is 14.9. The molecule has 0 saturated carbocycles. The molecule has 1 N–H and O–H groups in total. The van der Waals surface area contributed by atoms with E-state index in [4.69, 9.17) is 4.74 Å². The average Bonchev–Trinajstić information content (AvgIpc) is 2.92. The van der Waals surface area contributed by atoms with Crippen LogP contribution in [0, 0.1) is 6.92 Å². The number of nitrogens with one attached hydrogen (secondary N) is 1. The van der Waals surface area contributed by atoms with E-state index < -0.39 is 0 Å². The summed E-state index contributed by atoms with van der Waals surface area (Å²) in [5, 5.41) is 4.67. The van der Waals surface area contributed by atoms with Gasteiger partial charge in [0.1, 0.15) is 0 Å². The number of nitrogens with zero attached hydrogens (tertiary/aromatic N) is 2. The maximum atomic E-state index is 5.86. The molecule has 2 atom stereocenters. The van der Waals surface area contributed by atoms with Gasteiger partial charge in [-0.3, -0.25) is 0 Å². The van der Waals surface area contributed by atoms with E-state index in [1.54, 1.807) is 11.3 Å². The van der Waals surface area contributed by atoms with Gasteiger partial charge in [-0.2, -0.15) is 0 Å². The quantitative estimate of drug-likeness (QED) is 0.912. The molecule has 1 aromatic carbocycles. The standard InChI is InChI=1S/C18H25N3OS/c1-13-11-21(12-14(2)22-13)18-7-5-4-6-16(18)8-19-9-17-10-20-15(3)23-17/h4-7,10,13-14,19H,8-9,11-12H2,1-3H3. The monoisotopic (exact) mass is 331 g/mol. The van der Waals surface area contributed by atoms with Crippen molar-refractivity contribution in [3.05, 3.63) is 45.9 Å². The number of para-hydroxylation sites is 1. The van der Waals surface area contributed by atoms with Crippen molar-refractivity contribution in [2.75, 3.05) is 18.0 Å². The lowest BCUT2D eigenvalue weighted by Crippen LogP contribution is -2.46. The molecule has 1 aromatic heterocycles.